The van der Waals surface area contributed by atoms with Gasteiger partial charge in [-0.2, -0.15) is 0 Å². The Morgan fingerprint density at radius 2 is 1.50 bits per heavy atom. The molecule has 0 bridgehead atoms. The molecule has 0 spiro atoms. The molecule has 0 unspecified atom stereocenters. The topological polar surface area (TPSA) is 50.4 Å². The first-order chi connectivity index (χ1) is 12.7. The summed E-state index contributed by atoms with van der Waals surface area (Å²) in [5.41, 5.74) is 1.61. The van der Waals surface area contributed by atoms with Gasteiger partial charge in [0, 0.05) is 16.9 Å². The lowest BCUT2D eigenvalue weighted by Crippen LogP contribution is -2.23. The molecule has 2 N–H and O–H groups in total. The zero-order chi connectivity index (χ0) is 18.2. The smallest absolute Gasteiger partial charge is 0.323 e. The Kier molecular flexibility index (Phi) is 5.91. The number of ether oxygens (including phenoxy) is 1. The molecule has 3 rings (SSSR count). The van der Waals surface area contributed by atoms with Gasteiger partial charge in [0.05, 0.1) is 0 Å². The van der Waals surface area contributed by atoms with Crippen LogP contribution < -0.4 is 15.4 Å². The first kappa shape index (κ1) is 17.6. The minimum absolute atomic E-state index is 0.327. The molecule has 0 heterocycles. The number of rotatable bonds is 5. The highest BCUT2D eigenvalue weighted by Crippen LogP contribution is 2.22. The van der Waals surface area contributed by atoms with E-state index in [4.69, 9.17) is 16.3 Å². The molecule has 130 valence electrons. The Morgan fingerprint density at radius 1 is 0.846 bits per heavy atom. The molecule has 0 aromatic heterocycles. The molecule has 2 amide bonds. The second kappa shape index (κ2) is 8.74. The molecule has 0 saturated carbocycles. The first-order valence-corrected chi connectivity index (χ1v) is 8.39. The number of halogens is 1. The number of amides is 2. The fraction of sp³-hybridized carbons (Fsp3) is 0. The number of benzene rings is 3. The molecule has 26 heavy (non-hydrogen) atoms. The number of anilines is 1. The third kappa shape index (κ3) is 5.40. The fourth-order valence-electron chi connectivity index (χ4n) is 2.19. The van der Waals surface area contributed by atoms with Crippen molar-refractivity contribution in [3.8, 4) is 11.5 Å². The molecule has 0 radical (unpaired) electrons. The fourth-order valence-corrected chi connectivity index (χ4v) is 2.31. The summed E-state index contributed by atoms with van der Waals surface area (Å²) < 4.78 is 5.71. The number of para-hydroxylation sites is 1. The van der Waals surface area contributed by atoms with Crippen LogP contribution in [-0.2, 0) is 0 Å². The summed E-state index contributed by atoms with van der Waals surface area (Å²) in [4.78, 5) is 11.9. The Balaban J connectivity index is 1.50. The van der Waals surface area contributed by atoms with E-state index in [9.17, 15) is 4.79 Å². The van der Waals surface area contributed by atoms with Crippen LogP contribution in [0.5, 0.6) is 11.5 Å². The molecule has 4 nitrogen and oxygen atoms in total. The highest BCUT2D eigenvalue weighted by Gasteiger charge is 2.01. The normalized spacial score (nSPS) is 10.5. The molecule has 0 aliphatic heterocycles. The second-order valence-corrected chi connectivity index (χ2v) is 5.86. The Bertz CT molecular complexity index is 876. The van der Waals surface area contributed by atoms with Gasteiger partial charge in [-0.05, 0) is 60.2 Å². The summed E-state index contributed by atoms with van der Waals surface area (Å²) >= 11 is 5.83. The summed E-state index contributed by atoms with van der Waals surface area (Å²) in [5, 5.41) is 6.08. The minimum Gasteiger partial charge on any atom is -0.457 e. The lowest BCUT2D eigenvalue weighted by molar-refractivity contribution is 0.255. The zero-order valence-electron chi connectivity index (χ0n) is 13.9. The van der Waals surface area contributed by atoms with E-state index in [1.54, 1.807) is 48.7 Å². The van der Waals surface area contributed by atoms with Gasteiger partial charge in [0.25, 0.3) is 0 Å². The maximum atomic E-state index is 11.9. The van der Waals surface area contributed by atoms with Crippen LogP contribution in [0.25, 0.3) is 6.08 Å². The van der Waals surface area contributed by atoms with Crippen molar-refractivity contribution in [3.05, 3.63) is 95.6 Å². The van der Waals surface area contributed by atoms with Crippen molar-refractivity contribution in [3.63, 3.8) is 0 Å². The summed E-state index contributed by atoms with van der Waals surface area (Å²) in [6, 6.07) is 23.7. The number of nitrogens with one attached hydrogen (secondary N) is 2. The molecule has 0 saturated heterocycles. The van der Waals surface area contributed by atoms with Gasteiger partial charge in [0.15, 0.2) is 0 Å². The Morgan fingerprint density at radius 3 is 2.19 bits per heavy atom. The van der Waals surface area contributed by atoms with Crippen molar-refractivity contribution in [1.82, 2.24) is 5.32 Å². The summed E-state index contributed by atoms with van der Waals surface area (Å²) in [5.74, 6) is 1.46. The van der Waals surface area contributed by atoms with Crippen LogP contribution in [0.15, 0.2) is 85.1 Å². The quantitative estimate of drug-likeness (QED) is 0.590. The highest BCUT2D eigenvalue weighted by atomic mass is 35.5. The van der Waals surface area contributed by atoms with Crippen LogP contribution in [0, 0.1) is 0 Å². The molecular weight excluding hydrogens is 348 g/mol. The van der Waals surface area contributed by atoms with Crippen molar-refractivity contribution >= 4 is 29.4 Å². The average Bonchev–Trinajstić information content (AvgIpc) is 2.66. The standard InChI is InChI=1S/C21H17ClN2O2/c22-17-8-6-16(7-9-17)14-15-23-21(25)24-18-10-12-20(13-11-18)26-19-4-2-1-3-5-19/h1-15H,(H2,23,24,25)/b15-14+. The van der Waals surface area contributed by atoms with Crippen molar-refractivity contribution in [2.24, 2.45) is 0 Å². The lowest BCUT2D eigenvalue weighted by atomic mass is 10.2. The Hall–Kier alpha value is -3.24. The van der Waals surface area contributed by atoms with Gasteiger partial charge in [-0.3, -0.25) is 0 Å². The monoisotopic (exact) mass is 364 g/mol. The molecule has 0 fully saturated rings. The number of hydrogen-bond acceptors (Lipinski definition) is 2. The maximum absolute atomic E-state index is 11.9. The van der Waals surface area contributed by atoms with Gasteiger partial charge in [0.2, 0.25) is 0 Å². The van der Waals surface area contributed by atoms with Crippen LogP contribution >= 0.6 is 11.6 Å². The van der Waals surface area contributed by atoms with E-state index in [-0.39, 0.29) is 6.03 Å². The molecular formula is C21H17ClN2O2. The predicted octanol–water partition coefficient (Wildman–Crippen LogP) is 5.92. The van der Waals surface area contributed by atoms with E-state index in [2.05, 4.69) is 10.6 Å². The maximum Gasteiger partial charge on any atom is 0.323 e. The molecule has 5 heteroatoms. The van der Waals surface area contributed by atoms with Gasteiger partial charge in [-0.25, -0.2) is 4.79 Å². The van der Waals surface area contributed by atoms with Crippen molar-refractivity contribution in [2.45, 2.75) is 0 Å². The Labute approximate surface area is 157 Å². The van der Waals surface area contributed by atoms with Crippen LogP contribution in [0.1, 0.15) is 5.56 Å². The third-order valence-corrected chi connectivity index (χ3v) is 3.70. The minimum atomic E-state index is -0.327. The lowest BCUT2D eigenvalue weighted by Gasteiger charge is -2.08. The molecule has 0 atom stereocenters. The van der Waals surface area contributed by atoms with Crippen LogP contribution in [0.4, 0.5) is 10.5 Å². The van der Waals surface area contributed by atoms with E-state index in [1.165, 1.54) is 0 Å². The van der Waals surface area contributed by atoms with Gasteiger partial charge in [0.1, 0.15) is 11.5 Å². The van der Waals surface area contributed by atoms with Gasteiger partial charge in [-0.1, -0.05) is 41.9 Å². The van der Waals surface area contributed by atoms with E-state index < -0.39 is 0 Å². The average molecular weight is 365 g/mol. The number of hydrogen-bond donors (Lipinski definition) is 2. The van der Waals surface area contributed by atoms with Crippen molar-refractivity contribution in [2.75, 3.05) is 5.32 Å². The number of carbonyl (C=O) groups is 1. The molecule has 3 aromatic rings. The van der Waals surface area contributed by atoms with E-state index in [0.29, 0.717) is 16.5 Å². The number of carbonyl (C=O) groups excluding carboxylic acids is 1. The summed E-state index contributed by atoms with van der Waals surface area (Å²) in [6.07, 6.45) is 3.36. The van der Waals surface area contributed by atoms with E-state index in [1.807, 2.05) is 42.5 Å². The summed E-state index contributed by atoms with van der Waals surface area (Å²) in [7, 11) is 0. The van der Waals surface area contributed by atoms with Crippen molar-refractivity contribution < 1.29 is 9.53 Å². The third-order valence-electron chi connectivity index (χ3n) is 3.45. The van der Waals surface area contributed by atoms with Gasteiger partial charge in [-0.15, -0.1) is 0 Å². The van der Waals surface area contributed by atoms with E-state index in [0.717, 1.165) is 11.3 Å². The second-order valence-electron chi connectivity index (χ2n) is 5.42. The summed E-state index contributed by atoms with van der Waals surface area (Å²) in [6.45, 7) is 0. The number of urea groups is 1. The van der Waals surface area contributed by atoms with Crippen LogP contribution in [0.3, 0.4) is 0 Å². The van der Waals surface area contributed by atoms with E-state index >= 15 is 0 Å². The van der Waals surface area contributed by atoms with Crippen molar-refractivity contribution in [1.29, 1.82) is 0 Å². The largest absolute Gasteiger partial charge is 0.457 e. The predicted molar refractivity (Wildman–Crippen MR) is 106 cm³/mol. The molecule has 3 aromatic carbocycles. The molecule has 0 aliphatic carbocycles. The SMILES string of the molecule is O=C(N/C=C/c1ccc(Cl)cc1)Nc1ccc(Oc2ccccc2)cc1. The zero-order valence-corrected chi connectivity index (χ0v) is 14.6. The van der Waals surface area contributed by atoms with Gasteiger partial charge >= 0.3 is 6.03 Å². The highest BCUT2D eigenvalue weighted by molar-refractivity contribution is 6.30. The van der Waals surface area contributed by atoms with Crippen LogP contribution in [0.2, 0.25) is 5.02 Å². The van der Waals surface area contributed by atoms with Gasteiger partial charge < -0.3 is 15.4 Å². The first-order valence-electron chi connectivity index (χ1n) is 8.02. The molecule has 0 aliphatic rings. The van der Waals surface area contributed by atoms with Crippen LogP contribution in [-0.4, -0.2) is 6.03 Å².